The summed E-state index contributed by atoms with van der Waals surface area (Å²) in [5.74, 6) is 0.786. The van der Waals surface area contributed by atoms with Crippen molar-refractivity contribution in [1.82, 2.24) is 0 Å². The van der Waals surface area contributed by atoms with Gasteiger partial charge in [-0.25, -0.2) is 0 Å². The molecule has 0 unspecified atom stereocenters. The van der Waals surface area contributed by atoms with Gasteiger partial charge in [0.2, 0.25) is 0 Å². The van der Waals surface area contributed by atoms with Crippen molar-refractivity contribution in [2.75, 3.05) is 5.32 Å². The summed E-state index contributed by atoms with van der Waals surface area (Å²) in [6, 6.07) is 28.0. The molecule has 1 nitrogen and oxygen atoms in total. The number of benzene rings is 3. The van der Waals surface area contributed by atoms with Crippen molar-refractivity contribution >= 4 is 17.3 Å². The number of nitrogens with one attached hydrogen (secondary N) is 1. The third kappa shape index (κ3) is 2.70. The van der Waals surface area contributed by atoms with Crippen molar-refractivity contribution in [3.05, 3.63) is 101 Å². The van der Waals surface area contributed by atoms with Gasteiger partial charge in [-0.2, -0.15) is 0 Å². The fourth-order valence-electron chi connectivity index (χ4n) is 3.87. The molecule has 3 aromatic rings. The smallest absolute Gasteiger partial charge is 0.0548 e. The van der Waals surface area contributed by atoms with E-state index >= 15 is 0 Å². The summed E-state index contributed by atoms with van der Waals surface area (Å²) in [5.41, 5.74) is 5.24. The van der Waals surface area contributed by atoms with Crippen molar-refractivity contribution in [1.29, 1.82) is 0 Å². The fraction of sp³-hybridized carbons (Fsp3) is 0.182. The van der Waals surface area contributed by atoms with E-state index in [4.69, 9.17) is 11.6 Å². The normalized spacial score (nSPS) is 22.5. The molecule has 2 heteroatoms. The van der Waals surface area contributed by atoms with Crippen LogP contribution in [-0.2, 0) is 0 Å². The van der Waals surface area contributed by atoms with Crippen LogP contribution in [0.5, 0.6) is 0 Å². The third-order valence-corrected chi connectivity index (χ3v) is 5.30. The molecular weight excluding hydrogens is 314 g/mol. The van der Waals surface area contributed by atoms with Crippen LogP contribution in [0.15, 0.2) is 78.9 Å². The van der Waals surface area contributed by atoms with Crippen molar-refractivity contribution in [2.24, 2.45) is 5.92 Å². The van der Waals surface area contributed by atoms with Gasteiger partial charge in [0.25, 0.3) is 0 Å². The summed E-state index contributed by atoms with van der Waals surface area (Å²) in [7, 11) is 0. The van der Waals surface area contributed by atoms with Crippen LogP contribution in [0.2, 0.25) is 5.02 Å². The average molecular weight is 334 g/mol. The summed E-state index contributed by atoms with van der Waals surface area (Å²) >= 11 is 6.10. The predicted molar refractivity (Wildman–Crippen MR) is 102 cm³/mol. The quantitative estimate of drug-likeness (QED) is 0.582. The van der Waals surface area contributed by atoms with Crippen molar-refractivity contribution < 1.29 is 0 Å². The summed E-state index contributed by atoms with van der Waals surface area (Å²) in [4.78, 5) is 0. The predicted octanol–water partition coefficient (Wildman–Crippen LogP) is 6.27. The zero-order valence-electron chi connectivity index (χ0n) is 13.6. The molecule has 1 aliphatic heterocycles. The Balaban J connectivity index is 1.82. The summed E-state index contributed by atoms with van der Waals surface area (Å²) in [6.45, 7) is 2.33. The van der Waals surface area contributed by atoms with Crippen molar-refractivity contribution in [3.8, 4) is 0 Å². The second kappa shape index (κ2) is 6.33. The molecule has 0 fully saturated rings. The number of hydrogen-bond donors (Lipinski definition) is 1. The molecule has 0 spiro atoms. The number of para-hydroxylation sites is 1. The van der Waals surface area contributed by atoms with Crippen molar-refractivity contribution in [2.45, 2.75) is 18.9 Å². The maximum absolute atomic E-state index is 6.10. The van der Waals surface area contributed by atoms with E-state index < -0.39 is 0 Å². The van der Waals surface area contributed by atoms with Gasteiger partial charge in [-0.3, -0.25) is 0 Å². The van der Waals surface area contributed by atoms with Crippen molar-refractivity contribution in [3.63, 3.8) is 0 Å². The molecule has 1 N–H and O–H groups in total. The highest BCUT2D eigenvalue weighted by atomic mass is 35.5. The Bertz CT molecular complexity index is 826. The van der Waals surface area contributed by atoms with Gasteiger partial charge in [-0.05, 0) is 40.8 Å². The van der Waals surface area contributed by atoms with Crippen LogP contribution in [0, 0.1) is 5.92 Å². The second-order valence-corrected chi connectivity index (χ2v) is 6.94. The summed E-state index contributed by atoms with van der Waals surface area (Å²) in [5, 5.41) is 4.53. The minimum Gasteiger partial charge on any atom is -0.378 e. The van der Waals surface area contributed by atoms with E-state index in [1.165, 1.54) is 22.4 Å². The van der Waals surface area contributed by atoms with Crippen LogP contribution >= 0.6 is 11.6 Å². The minimum absolute atomic E-state index is 0.293. The van der Waals surface area contributed by atoms with Crippen LogP contribution in [0.4, 0.5) is 5.69 Å². The fourth-order valence-corrected chi connectivity index (χ4v) is 4.00. The van der Waals surface area contributed by atoms with E-state index in [1.807, 2.05) is 12.1 Å². The van der Waals surface area contributed by atoms with Crippen LogP contribution in [-0.4, -0.2) is 0 Å². The molecule has 0 radical (unpaired) electrons. The minimum atomic E-state index is 0.293. The number of anilines is 1. The number of fused-ring (bicyclic) bond motifs is 1. The first-order valence-electron chi connectivity index (χ1n) is 8.40. The summed E-state index contributed by atoms with van der Waals surface area (Å²) in [6.07, 6.45) is 0. The van der Waals surface area contributed by atoms with Gasteiger partial charge in [-0.1, -0.05) is 79.2 Å². The molecule has 1 heterocycles. The topological polar surface area (TPSA) is 12.0 Å². The first kappa shape index (κ1) is 15.3. The Morgan fingerprint density at radius 2 is 1.42 bits per heavy atom. The van der Waals surface area contributed by atoms with Gasteiger partial charge in [0.05, 0.1) is 6.04 Å². The molecule has 0 amide bonds. The van der Waals surface area contributed by atoms with Crippen LogP contribution in [0.3, 0.4) is 0 Å². The highest BCUT2D eigenvalue weighted by Gasteiger charge is 2.35. The van der Waals surface area contributed by atoms with E-state index in [0.29, 0.717) is 17.9 Å². The summed E-state index contributed by atoms with van der Waals surface area (Å²) < 4.78 is 0. The molecular formula is C22H20ClN. The molecule has 1 aliphatic rings. The highest BCUT2D eigenvalue weighted by Crippen LogP contribution is 2.47. The molecule has 0 aliphatic carbocycles. The Labute approximate surface area is 148 Å². The molecule has 0 bridgehead atoms. The van der Waals surface area contributed by atoms with Gasteiger partial charge in [-0.15, -0.1) is 0 Å². The van der Waals surface area contributed by atoms with Gasteiger partial charge in [0.15, 0.2) is 0 Å². The Hall–Kier alpha value is -2.25. The van der Waals surface area contributed by atoms with Gasteiger partial charge in [0, 0.05) is 16.6 Å². The van der Waals surface area contributed by atoms with Crippen LogP contribution < -0.4 is 5.32 Å². The molecule has 24 heavy (non-hydrogen) atoms. The van der Waals surface area contributed by atoms with Crippen LogP contribution in [0.1, 0.15) is 35.6 Å². The molecule has 0 saturated heterocycles. The number of rotatable bonds is 2. The third-order valence-electron chi connectivity index (χ3n) is 5.05. The van der Waals surface area contributed by atoms with E-state index in [0.717, 1.165) is 5.02 Å². The molecule has 0 aromatic heterocycles. The zero-order valence-corrected chi connectivity index (χ0v) is 14.4. The van der Waals surface area contributed by atoms with Gasteiger partial charge < -0.3 is 5.32 Å². The first-order chi connectivity index (χ1) is 11.7. The largest absolute Gasteiger partial charge is 0.378 e. The molecule has 3 atom stereocenters. The molecule has 4 rings (SSSR count). The van der Waals surface area contributed by atoms with E-state index in [2.05, 4.69) is 79.0 Å². The Morgan fingerprint density at radius 3 is 2.17 bits per heavy atom. The lowest BCUT2D eigenvalue weighted by molar-refractivity contribution is 0.428. The number of halogens is 1. The molecule has 0 saturated carbocycles. The maximum Gasteiger partial charge on any atom is 0.0548 e. The second-order valence-electron chi connectivity index (χ2n) is 6.51. The lowest BCUT2D eigenvalue weighted by Crippen LogP contribution is -2.30. The lowest BCUT2D eigenvalue weighted by Gasteiger charge is -2.39. The van der Waals surface area contributed by atoms with Crippen LogP contribution in [0.25, 0.3) is 0 Å². The number of hydrogen-bond acceptors (Lipinski definition) is 1. The van der Waals surface area contributed by atoms with Gasteiger partial charge in [0.1, 0.15) is 0 Å². The maximum atomic E-state index is 6.10. The van der Waals surface area contributed by atoms with Gasteiger partial charge >= 0.3 is 0 Å². The van der Waals surface area contributed by atoms with E-state index in [9.17, 15) is 0 Å². The monoisotopic (exact) mass is 333 g/mol. The standard InChI is InChI=1S/C22H20ClN/c1-15-21(16-11-13-18(23)14-12-16)19-9-5-6-10-20(19)24-22(15)17-7-3-2-4-8-17/h2-15,21-22,24H,1H3/t15-,21-,22+/m1/s1. The lowest BCUT2D eigenvalue weighted by atomic mass is 9.73. The molecule has 120 valence electrons. The van der Waals surface area contributed by atoms with E-state index in [1.54, 1.807) is 0 Å². The first-order valence-corrected chi connectivity index (χ1v) is 8.78. The Morgan fingerprint density at radius 1 is 0.750 bits per heavy atom. The average Bonchev–Trinajstić information content (AvgIpc) is 2.63. The SMILES string of the molecule is C[C@@H]1[C@H](c2ccc(Cl)cc2)c2ccccc2N[C@@H]1c1ccccc1. The zero-order chi connectivity index (χ0) is 16.5. The molecule has 3 aromatic carbocycles. The highest BCUT2D eigenvalue weighted by molar-refractivity contribution is 6.30. The Kier molecular flexibility index (Phi) is 4.03. The van der Waals surface area contributed by atoms with E-state index in [-0.39, 0.29) is 0 Å².